The molecule has 0 bridgehead atoms. The van der Waals surface area contributed by atoms with E-state index in [9.17, 15) is 0 Å². The van der Waals surface area contributed by atoms with E-state index in [1.54, 1.807) is 7.11 Å². The maximum Gasteiger partial charge on any atom is 0.0572 e. The summed E-state index contributed by atoms with van der Waals surface area (Å²) in [7, 11) is 3.64. The Bertz CT molecular complexity index is 92.1. The average molecular weight is 160 g/mol. The van der Waals surface area contributed by atoms with Crippen molar-refractivity contribution >= 4 is 0 Å². The topological polar surface area (TPSA) is 33.3 Å². The highest BCUT2D eigenvalue weighted by atomic mass is 16.6. The molecule has 0 spiro atoms. The SMILES string of the molecule is CCC(C)(CCNOC)NC. The van der Waals surface area contributed by atoms with Gasteiger partial charge in [0.25, 0.3) is 0 Å². The molecular weight excluding hydrogens is 140 g/mol. The molecule has 0 aliphatic heterocycles. The lowest BCUT2D eigenvalue weighted by molar-refractivity contribution is 0.0842. The fourth-order valence-corrected chi connectivity index (χ4v) is 0.908. The minimum absolute atomic E-state index is 0.242. The lowest BCUT2D eigenvalue weighted by Crippen LogP contribution is -2.41. The van der Waals surface area contributed by atoms with E-state index in [0.717, 1.165) is 19.4 Å². The smallest absolute Gasteiger partial charge is 0.0572 e. The van der Waals surface area contributed by atoms with Crippen LogP contribution in [0.15, 0.2) is 0 Å². The summed E-state index contributed by atoms with van der Waals surface area (Å²) in [6.07, 6.45) is 2.21. The molecule has 3 heteroatoms. The highest BCUT2D eigenvalue weighted by Gasteiger charge is 2.17. The van der Waals surface area contributed by atoms with Crippen LogP contribution in [-0.2, 0) is 4.84 Å². The van der Waals surface area contributed by atoms with Crippen molar-refractivity contribution in [1.29, 1.82) is 0 Å². The first-order chi connectivity index (χ1) is 5.18. The van der Waals surface area contributed by atoms with Crippen molar-refractivity contribution in [1.82, 2.24) is 10.8 Å². The summed E-state index contributed by atoms with van der Waals surface area (Å²) in [5, 5.41) is 3.29. The zero-order chi connectivity index (χ0) is 8.74. The van der Waals surface area contributed by atoms with Crippen LogP contribution in [0.5, 0.6) is 0 Å². The fraction of sp³-hybridized carbons (Fsp3) is 1.00. The number of hydroxylamine groups is 1. The van der Waals surface area contributed by atoms with Gasteiger partial charge >= 0.3 is 0 Å². The summed E-state index contributed by atoms with van der Waals surface area (Å²) in [4.78, 5) is 4.75. The summed E-state index contributed by atoms with van der Waals surface area (Å²) < 4.78 is 0. The fourth-order valence-electron chi connectivity index (χ4n) is 0.908. The maximum atomic E-state index is 4.75. The molecule has 0 saturated carbocycles. The van der Waals surface area contributed by atoms with Crippen molar-refractivity contribution in [3.63, 3.8) is 0 Å². The summed E-state index contributed by atoms with van der Waals surface area (Å²) in [6, 6.07) is 0. The largest absolute Gasteiger partial charge is 0.314 e. The van der Waals surface area contributed by atoms with E-state index in [1.807, 2.05) is 7.05 Å². The Morgan fingerprint density at radius 3 is 2.45 bits per heavy atom. The molecule has 1 atom stereocenters. The van der Waals surface area contributed by atoms with Crippen LogP contribution in [-0.4, -0.2) is 26.2 Å². The van der Waals surface area contributed by atoms with Crippen LogP contribution in [0.2, 0.25) is 0 Å². The molecular formula is C8H20N2O. The minimum atomic E-state index is 0.242. The van der Waals surface area contributed by atoms with Gasteiger partial charge in [0.2, 0.25) is 0 Å². The van der Waals surface area contributed by atoms with Crippen LogP contribution in [0, 0.1) is 0 Å². The molecule has 68 valence electrons. The molecule has 0 aliphatic rings. The van der Waals surface area contributed by atoms with Gasteiger partial charge in [0.15, 0.2) is 0 Å². The van der Waals surface area contributed by atoms with E-state index >= 15 is 0 Å². The van der Waals surface area contributed by atoms with Gasteiger partial charge in [-0.1, -0.05) is 6.92 Å². The van der Waals surface area contributed by atoms with Crippen LogP contribution < -0.4 is 10.8 Å². The second-order valence-corrected chi connectivity index (χ2v) is 3.01. The van der Waals surface area contributed by atoms with Crippen molar-refractivity contribution in [2.24, 2.45) is 0 Å². The molecule has 0 amide bonds. The summed E-state index contributed by atoms with van der Waals surface area (Å²) >= 11 is 0. The Morgan fingerprint density at radius 1 is 1.45 bits per heavy atom. The van der Waals surface area contributed by atoms with Crippen molar-refractivity contribution in [3.8, 4) is 0 Å². The molecule has 0 aromatic carbocycles. The van der Waals surface area contributed by atoms with Crippen LogP contribution in [0.4, 0.5) is 0 Å². The third-order valence-corrected chi connectivity index (χ3v) is 2.31. The molecule has 0 heterocycles. The molecule has 1 unspecified atom stereocenters. The van der Waals surface area contributed by atoms with Crippen LogP contribution in [0.1, 0.15) is 26.7 Å². The monoisotopic (exact) mass is 160 g/mol. The molecule has 0 fully saturated rings. The van der Waals surface area contributed by atoms with E-state index in [-0.39, 0.29) is 5.54 Å². The zero-order valence-corrected chi connectivity index (χ0v) is 8.03. The molecule has 2 N–H and O–H groups in total. The minimum Gasteiger partial charge on any atom is -0.314 e. The Balaban J connectivity index is 3.51. The Hall–Kier alpha value is -0.120. The molecule has 0 aromatic heterocycles. The Morgan fingerprint density at radius 2 is 2.09 bits per heavy atom. The first-order valence-electron chi connectivity index (χ1n) is 4.13. The summed E-state index contributed by atoms with van der Waals surface area (Å²) in [6.45, 7) is 5.29. The highest BCUT2D eigenvalue weighted by molar-refractivity contribution is 4.79. The lowest BCUT2D eigenvalue weighted by atomic mass is 9.95. The first kappa shape index (κ1) is 10.9. The maximum absolute atomic E-state index is 4.75. The zero-order valence-electron chi connectivity index (χ0n) is 8.03. The number of hydrogen-bond donors (Lipinski definition) is 2. The number of rotatable bonds is 6. The normalized spacial score (nSPS) is 16.4. The highest BCUT2D eigenvalue weighted by Crippen LogP contribution is 2.11. The third-order valence-electron chi connectivity index (χ3n) is 2.31. The van der Waals surface area contributed by atoms with E-state index in [1.165, 1.54) is 0 Å². The quantitative estimate of drug-likeness (QED) is 0.448. The molecule has 0 saturated heterocycles. The summed E-state index contributed by atoms with van der Waals surface area (Å²) in [5.41, 5.74) is 3.07. The van der Waals surface area contributed by atoms with Crippen LogP contribution in [0.3, 0.4) is 0 Å². The van der Waals surface area contributed by atoms with Gasteiger partial charge in [0.05, 0.1) is 7.11 Å². The van der Waals surface area contributed by atoms with E-state index in [4.69, 9.17) is 4.84 Å². The molecule has 0 aliphatic carbocycles. The standard InChI is InChI=1S/C8H20N2O/c1-5-8(2,9-3)6-7-10-11-4/h9-10H,5-7H2,1-4H3. The summed E-state index contributed by atoms with van der Waals surface area (Å²) in [5.74, 6) is 0. The van der Waals surface area contributed by atoms with Gasteiger partial charge in [0.1, 0.15) is 0 Å². The van der Waals surface area contributed by atoms with Gasteiger partial charge in [-0.3, -0.25) is 0 Å². The van der Waals surface area contributed by atoms with Crippen LogP contribution >= 0.6 is 0 Å². The van der Waals surface area contributed by atoms with E-state index in [0.29, 0.717) is 0 Å². The molecule has 0 rings (SSSR count). The second-order valence-electron chi connectivity index (χ2n) is 3.01. The Labute approximate surface area is 69.5 Å². The van der Waals surface area contributed by atoms with Gasteiger partial charge in [-0.25, -0.2) is 5.48 Å². The molecule has 3 nitrogen and oxygen atoms in total. The van der Waals surface area contributed by atoms with Gasteiger partial charge in [-0.05, 0) is 26.8 Å². The van der Waals surface area contributed by atoms with E-state index < -0.39 is 0 Å². The van der Waals surface area contributed by atoms with Gasteiger partial charge in [-0.2, -0.15) is 0 Å². The molecule has 0 aromatic rings. The predicted molar refractivity (Wildman–Crippen MR) is 47.4 cm³/mol. The van der Waals surface area contributed by atoms with Crippen molar-refractivity contribution in [2.45, 2.75) is 32.2 Å². The lowest BCUT2D eigenvalue weighted by Gasteiger charge is -2.27. The van der Waals surface area contributed by atoms with Crippen molar-refractivity contribution < 1.29 is 4.84 Å². The predicted octanol–water partition coefficient (Wildman–Crippen LogP) is 0.916. The van der Waals surface area contributed by atoms with Gasteiger partial charge in [0, 0.05) is 12.1 Å². The Kier molecular flexibility index (Phi) is 5.46. The average Bonchev–Trinajstić information content (AvgIpc) is 2.05. The second kappa shape index (κ2) is 5.52. The van der Waals surface area contributed by atoms with Gasteiger partial charge in [-0.15, -0.1) is 0 Å². The molecule has 11 heavy (non-hydrogen) atoms. The number of hydrogen-bond acceptors (Lipinski definition) is 3. The third kappa shape index (κ3) is 4.35. The van der Waals surface area contributed by atoms with Crippen molar-refractivity contribution in [3.05, 3.63) is 0 Å². The molecule has 0 radical (unpaired) electrons. The van der Waals surface area contributed by atoms with Gasteiger partial charge < -0.3 is 10.2 Å². The number of nitrogens with one attached hydrogen (secondary N) is 2. The van der Waals surface area contributed by atoms with E-state index in [2.05, 4.69) is 24.6 Å². The van der Waals surface area contributed by atoms with Crippen LogP contribution in [0.25, 0.3) is 0 Å². The van der Waals surface area contributed by atoms with Crippen molar-refractivity contribution in [2.75, 3.05) is 20.7 Å². The first-order valence-corrected chi connectivity index (χ1v) is 4.13.